The van der Waals surface area contributed by atoms with Crippen LogP contribution in [0.1, 0.15) is 31.2 Å². The normalized spacial score (nSPS) is 13.0. The highest BCUT2D eigenvalue weighted by atomic mass is 32.1. The van der Waals surface area contributed by atoms with Crippen molar-refractivity contribution in [3.8, 4) is 0 Å². The predicted molar refractivity (Wildman–Crippen MR) is 77.6 cm³/mol. The number of aromatic nitrogens is 1. The van der Waals surface area contributed by atoms with Crippen molar-refractivity contribution in [2.24, 2.45) is 5.92 Å². The van der Waals surface area contributed by atoms with Crippen molar-refractivity contribution in [3.63, 3.8) is 0 Å². The third kappa shape index (κ3) is 6.08. The summed E-state index contributed by atoms with van der Waals surface area (Å²) in [5, 5.41) is 0. The van der Waals surface area contributed by atoms with Gasteiger partial charge in [0, 0.05) is 12.2 Å². The molecule has 0 N–H and O–H groups in total. The van der Waals surface area contributed by atoms with Crippen LogP contribution in [0.15, 0.2) is 18.2 Å². The van der Waals surface area contributed by atoms with Crippen LogP contribution in [-0.2, 0) is 6.54 Å². The summed E-state index contributed by atoms with van der Waals surface area (Å²) in [6.45, 7) is 6.41. The van der Waals surface area contributed by atoms with E-state index in [1.807, 2.05) is 13.0 Å². The van der Waals surface area contributed by atoms with Gasteiger partial charge in [0.25, 0.3) is 0 Å². The molecule has 0 aliphatic rings. The van der Waals surface area contributed by atoms with Gasteiger partial charge in [0.15, 0.2) is 0 Å². The van der Waals surface area contributed by atoms with E-state index in [9.17, 15) is 0 Å². The maximum absolute atomic E-state index is 4.52. The fraction of sp³-hybridized carbons (Fsp3) is 0.643. The Balaban J connectivity index is 2.32. The quantitative estimate of drug-likeness (QED) is 0.750. The van der Waals surface area contributed by atoms with Crippen LogP contribution in [0.5, 0.6) is 0 Å². The van der Waals surface area contributed by atoms with Gasteiger partial charge in [-0.05, 0) is 57.2 Å². The highest BCUT2D eigenvalue weighted by molar-refractivity contribution is 7.80. The molecule has 0 saturated heterocycles. The number of aryl methyl sites for hydroxylation is 1. The zero-order chi connectivity index (χ0) is 12.7. The van der Waals surface area contributed by atoms with Crippen molar-refractivity contribution in [1.29, 1.82) is 0 Å². The molecule has 0 amide bonds. The molecule has 2 nitrogen and oxygen atoms in total. The highest BCUT2D eigenvalue weighted by Gasteiger charge is 2.05. The van der Waals surface area contributed by atoms with E-state index in [1.165, 1.54) is 12.8 Å². The summed E-state index contributed by atoms with van der Waals surface area (Å²) in [5.41, 5.74) is 2.26. The van der Waals surface area contributed by atoms with Crippen LogP contribution in [0.25, 0.3) is 0 Å². The first-order valence-corrected chi connectivity index (χ1v) is 6.97. The lowest BCUT2D eigenvalue weighted by Crippen LogP contribution is -2.21. The summed E-state index contributed by atoms with van der Waals surface area (Å²) in [6.07, 6.45) is 2.45. The van der Waals surface area contributed by atoms with E-state index in [0.29, 0.717) is 0 Å². The summed E-state index contributed by atoms with van der Waals surface area (Å²) >= 11 is 4.27. The van der Waals surface area contributed by atoms with Crippen molar-refractivity contribution in [2.45, 2.75) is 33.2 Å². The SMILES string of the molecule is Cc1cccc(CN(C)CCC(C)CCS)n1. The zero-order valence-corrected chi connectivity index (χ0v) is 12.1. The number of pyridine rings is 1. The second kappa shape index (κ2) is 7.72. The molecule has 0 aromatic carbocycles. The fourth-order valence-corrected chi connectivity index (χ4v) is 2.29. The van der Waals surface area contributed by atoms with E-state index in [1.54, 1.807) is 0 Å². The van der Waals surface area contributed by atoms with E-state index in [4.69, 9.17) is 0 Å². The summed E-state index contributed by atoms with van der Waals surface area (Å²) in [7, 11) is 2.16. The maximum Gasteiger partial charge on any atom is 0.0547 e. The van der Waals surface area contributed by atoms with Gasteiger partial charge >= 0.3 is 0 Å². The molecule has 3 heteroatoms. The van der Waals surface area contributed by atoms with Crippen LogP contribution in [0.4, 0.5) is 0 Å². The third-order valence-electron chi connectivity index (χ3n) is 3.00. The fourth-order valence-electron chi connectivity index (χ4n) is 1.85. The third-order valence-corrected chi connectivity index (χ3v) is 3.26. The van der Waals surface area contributed by atoms with Gasteiger partial charge in [0.1, 0.15) is 0 Å². The minimum atomic E-state index is 0.764. The number of nitrogens with zero attached hydrogens (tertiary/aromatic N) is 2. The Morgan fingerprint density at radius 2 is 2.12 bits per heavy atom. The minimum absolute atomic E-state index is 0.764. The van der Waals surface area contributed by atoms with Crippen LogP contribution < -0.4 is 0 Å². The van der Waals surface area contributed by atoms with Gasteiger partial charge in [-0.2, -0.15) is 12.6 Å². The Kier molecular flexibility index (Phi) is 6.60. The molecular formula is C14H24N2S. The molecule has 0 fully saturated rings. The second-order valence-corrected chi connectivity index (χ2v) is 5.36. The molecule has 1 rings (SSSR count). The minimum Gasteiger partial charge on any atom is -0.301 e. The van der Waals surface area contributed by atoms with E-state index in [-0.39, 0.29) is 0 Å². The number of rotatable bonds is 7. The highest BCUT2D eigenvalue weighted by Crippen LogP contribution is 2.10. The standard InChI is InChI=1S/C14H24N2S/c1-12(8-10-17)7-9-16(3)11-14-6-4-5-13(2)15-14/h4-6,12,17H,7-11H2,1-3H3. The first-order valence-electron chi connectivity index (χ1n) is 6.33. The lowest BCUT2D eigenvalue weighted by atomic mass is 10.1. The number of hydrogen-bond donors (Lipinski definition) is 1. The van der Waals surface area contributed by atoms with Gasteiger partial charge in [0.05, 0.1) is 5.69 Å². The molecule has 96 valence electrons. The van der Waals surface area contributed by atoms with Gasteiger partial charge in [-0.25, -0.2) is 0 Å². The zero-order valence-electron chi connectivity index (χ0n) is 11.2. The molecule has 0 spiro atoms. The molecule has 0 aliphatic heterocycles. The topological polar surface area (TPSA) is 16.1 Å². The number of thiol groups is 1. The molecule has 1 atom stereocenters. The van der Waals surface area contributed by atoms with Crippen molar-refractivity contribution in [2.75, 3.05) is 19.3 Å². The second-order valence-electron chi connectivity index (χ2n) is 4.91. The Morgan fingerprint density at radius 1 is 1.35 bits per heavy atom. The molecule has 0 aliphatic carbocycles. The largest absolute Gasteiger partial charge is 0.301 e. The van der Waals surface area contributed by atoms with Gasteiger partial charge < -0.3 is 4.90 Å². The first kappa shape index (κ1) is 14.5. The summed E-state index contributed by atoms with van der Waals surface area (Å²) in [5.74, 6) is 1.75. The maximum atomic E-state index is 4.52. The van der Waals surface area contributed by atoms with Crippen LogP contribution in [-0.4, -0.2) is 29.2 Å². The lowest BCUT2D eigenvalue weighted by Gasteiger charge is -2.18. The molecule has 1 aromatic heterocycles. The van der Waals surface area contributed by atoms with Gasteiger partial charge in [0.2, 0.25) is 0 Å². The van der Waals surface area contributed by atoms with Crippen molar-refractivity contribution >= 4 is 12.6 Å². The monoisotopic (exact) mass is 252 g/mol. The summed E-state index contributed by atoms with van der Waals surface area (Å²) < 4.78 is 0. The van der Waals surface area contributed by atoms with E-state index < -0.39 is 0 Å². The predicted octanol–water partition coefficient (Wildman–Crippen LogP) is 3.17. The summed E-state index contributed by atoms with van der Waals surface area (Å²) in [4.78, 5) is 6.87. The van der Waals surface area contributed by atoms with Gasteiger partial charge in [-0.15, -0.1) is 0 Å². The molecule has 0 saturated carbocycles. The van der Waals surface area contributed by atoms with Crippen LogP contribution in [0.3, 0.4) is 0 Å². The van der Waals surface area contributed by atoms with Crippen molar-refractivity contribution < 1.29 is 0 Å². The van der Waals surface area contributed by atoms with Crippen molar-refractivity contribution in [3.05, 3.63) is 29.6 Å². The van der Waals surface area contributed by atoms with E-state index in [0.717, 1.165) is 36.1 Å². The molecule has 1 heterocycles. The molecule has 1 aromatic rings. The molecular weight excluding hydrogens is 228 g/mol. The van der Waals surface area contributed by atoms with Crippen LogP contribution >= 0.6 is 12.6 Å². The van der Waals surface area contributed by atoms with Gasteiger partial charge in [-0.3, -0.25) is 4.98 Å². The Hall–Kier alpha value is -0.540. The van der Waals surface area contributed by atoms with E-state index in [2.05, 4.69) is 48.6 Å². The first-order chi connectivity index (χ1) is 8.11. The van der Waals surface area contributed by atoms with Crippen LogP contribution in [0.2, 0.25) is 0 Å². The molecule has 17 heavy (non-hydrogen) atoms. The Morgan fingerprint density at radius 3 is 2.76 bits per heavy atom. The lowest BCUT2D eigenvalue weighted by molar-refractivity contribution is 0.293. The van der Waals surface area contributed by atoms with Crippen molar-refractivity contribution in [1.82, 2.24) is 9.88 Å². The smallest absolute Gasteiger partial charge is 0.0547 e. The molecule has 0 bridgehead atoms. The molecule has 1 unspecified atom stereocenters. The van der Waals surface area contributed by atoms with Gasteiger partial charge in [-0.1, -0.05) is 13.0 Å². The summed E-state index contributed by atoms with van der Waals surface area (Å²) in [6, 6.07) is 6.22. The van der Waals surface area contributed by atoms with Crippen LogP contribution in [0, 0.1) is 12.8 Å². The average Bonchev–Trinajstić information content (AvgIpc) is 2.27. The molecule has 0 radical (unpaired) electrons. The Labute approximate surface area is 111 Å². The Bertz CT molecular complexity index is 328. The van der Waals surface area contributed by atoms with E-state index >= 15 is 0 Å². The number of hydrogen-bond acceptors (Lipinski definition) is 3. The average molecular weight is 252 g/mol.